The first-order valence-corrected chi connectivity index (χ1v) is 9.39. The highest BCUT2D eigenvalue weighted by Crippen LogP contribution is 2.25. The molecule has 0 bridgehead atoms. The minimum absolute atomic E-state index is 0.0751. The zero-order valence-electron chi connectivity index (χ0n) is 15.7. The number of rotatable bonds is 7. The molecule has 2 heterocycles. The second-order valence-electron chi connectivity index (χ2n) is 6.60. The third-order valence-corrected chi connectivity index (χ3v) is 4.59. The van der Waals surface area contributed by atoms with E-state index >= 15 is 0 Å². The van der Waals surface area contributed by atoms with Crippen molar-refractivity contribution in [3.05, 3.63) is 77.6 Å². The average Bonchev–Trinajstić information content (AvgIpc) is 2.76. The number of amides is 1. The van der Waals surface area contributed by atoms with Gasteiger partial charge in [0, 0.05) is 18.1 Å². The molecule has 0 saturated heterocycles. The van der Waals surface area contributed by atoms with Gasteiger partial charge in [-0.3, -0.25) is 19.1 Å². The Morgan fingerprint density at radius 3 is 2.86 bits per heavy atom. The number of benzene rings is 2. The monoisotopic (exact) mass is 388 g/mol. The fourth-order valence-electron chi connectivity index (χ4n) is 3.14. The standard InChI is InChI=1S/C22H20N4O3/c27-21(14-26-15-25-19-13-23-11-9-18(19)22(26)28)24-10-4-12-29-20-8-3-6-16-5-1-2-7-17(16)20/h1-3,5-9,11,13,15H,4,10,12,14H2,(H,24,27). The number of hydrogen-bond acceptors (Lipinski definition) is 5. The van der Waals surface area contributed by atoms with Crippen molar-refractivity contribution in [2.45, 2.75) is 13.0 Å². The molecule has 0 unspecified atom stereocenters. The molecule has 29 heavy (non-hydrogen) atoms. The van der Waals surface area contributed by atoms with Crippen LogP contribution in [0, 0.1) is 0 Å². The molecule has 0 atom stereocenters. The van der Waals surface area contributed by atoms with Gasteiger partial charge in [0.25, 0.3) is 5.56 Å². The Labute approximate surface area is 167 Å². The van der Waals surface area contributed by atoms with Gasteiger partial charge in [0.1, 0.15) is 12.3 Å². The fourth-order valence-corrected chi connectivity index (χ4v) is 3.14. The minimum atomic E-state index is -0.258. The minimum Gasteiger partial charge on any atom is -0.493 e. The van der Waals surface area contributed by atoms with Gasteiger partial charge in [-0.25, -0.2) is 4.98 Å². The van der Waals surface area contributed by atoms with E-state index < -0.39 is 0 Å². The molecular formula is C22H20N4O3. The molecule has 0 fully saturated rings. The highest BCUT2D eigenvalue weighted by atomic mass is 16.5. The molecule has 7 nitrogen and oxygen atoms in total. The maximum absolute atomic E-state index is 12.4. The highest BCUT2D eigenvalue weighted by molar-refractivity contribution is 5.88. The lowest BCUT2D eigenvalue weighted by atomic mass is 10.1. The number of hydrogen-bond donors (Lipinski definition) is 1. The molecule has 4 rings (SSSR count). The molecule has 0 aliphatic carbocycles. The molecule has 1 amide bonds. The predicted octanol–water partition coefficient (Wildman–Crippen LogP) is 2.53. The van der Waals surface area contributed by atoms with Crippen molar-refractivity contribution in [2.24, 2.45) is 0 Å². The Bertz CT molecular complexity index is 1210. The molecule has 0 saturated carbocycles. The van der Waals surface area contributed by atoms with Gasteiger partial charge >= 0.3 is 0 Å². The summed E-state index contributed by atoms with van der Waals surface area (Å²) in [5, 5.41) is 5.45. The van der Waals surface area contributed by atoms with Crippen LogP contribution in [0.1, 0.15) is 6.42 Å². The second kappa shape index (κ2) is 8.52. The smallest absolute Gasteiger partial charge is 0.261 e. The van der Waals surface area contributed by atoms with Gasteiger partial charge < -0.3 is 10.1 Å². The van der Waals surface area contributed by atoms with E-state index in [4.69, 9.17) is 4.74 Å². The van der Waals surface area contributed by atoms with Crippen LogP contribution in [0.2, 0.25) is 0 Å². The van der Waals surface area contributed by atoms with Crippen LogP contribution in [-0.4, -0.2) is 33.6 Å². The lowest BCUT2D eigenvalue weighted by Crippen LogP contribution is -2.33. The maximum atomic E-state index is 12.4. The van der Waals surface area contributed by atoms with Gasteiger partial charge in [-0.15, -0.1) is 0 Å². The summed E-state index contributed by atoms with van der Waals surface area (Å²) >= 11 is 0. The quantitative estimate of drug-likeness (QED) is 0.492. The average molecular weight is 388 g/mol. The molecule has 0 radical (unpaired) electrons. The van der Waals surface area contributed by atoms with E-state index in [0.717, 1.165) is 16.5 Å². The van der Waals surface area contributed by atoms with Crippen LogP contribution >= 0.6 is 0 Å². The Morgan fingerprint density at radius 2 is 1.93 bits per heavy atom. The number of carbonyl (C=O) groups is 1. The molecule has 2 aromatic carbocycles. The first-order chi connectivity index (χ1) is 14.2. The van der Waals surface area contributed by atoms with Crippen LogP contribution in [0.4, 0.5) is 0 Å². The number of aromatic nitrogens is 3. The summed E-state index contributed by atoms with van der Waals surface area (Å²) < 4.78 is 7.16. The predicted molar refractivity (Wildman–Crippen MR) is 111 cm³/mol. The summed E-state index contributed by atoms with van der Waals surface area (Å²) in [5.41, 5.74) is 0.256. The van der Waals surface area contributed by atoms with Crippen molar-refractivity contribution in [3.63, 3.8) is 0 Å². The highest BCUT2D eigenvalue weighted by Gasteiger charge is 2.08. The molecule has 0 aliphatic heterocycles. The zero-order chi connectivity index (χ0) is 20.1. The SMILES string of the molecule is O=C(Cn1cnc2cnccc2c1=O)NCCCOc1cccc2ccccc12. The van der Waals surface area contributed by atoms with Crippen LogP contribution in [0.3, 0.4) is 0 Å². The molecular weight excluding hydrogens is 368 g/mol. The summed E-state index contributed by atoms with van der Waals surface area (Å²) in [6, 6.07) is 15.6. The van der Waals surface area contributed by atoms with Gasteiger partial charge in [0.15, 0.2) is 0 Å². The van der Waals surface area contributed by atoms with Gasteiger partial charge in [-0.05, 0) is 23.9 Å². The van der Waals surface area contributed by atoms with E-state index in [1.807, 2.05) is 42.5 Å². The van der Waals surface area contributed by atoms with E-state index in [1.165, 1.54) is 23.3 Å². The van der Waals surface area contributed by atoms with Crippen molar-refractivity contribution in [2.75, 3.05) is 13.2 Å². The van der Waals surface area contributed by atoms with E-state index in [-0.39, 0.29) is 18.0 Å². The lowest BCUT2D eigenvalue weighted by Gasteiger charge is -2.10. The van der Waals surface area contributed by atoms with Crippen LogP contribution in [0.15, 0.2) is 72.0 Å². The van der Waals surface area contributed by atoms with E-state index in [1.54, 1.807) is 6.07 Å². The Hall–Kier alpha value is -3.74. The van der Waals surface area contributed by atoms with Crippen LogP contribution in [0.25, 0.3) is 21.7 Å². The Morgan fingerprint density at radius 1 is 1.07 bits per heavy atom. The number of ether oxygens (including phenoxy) is 1. The number of nitrogens with one attached hydrogen (secondary N) is 1. The van der Waals surface area contributed by atoms with E-state index in [9.17, 15) is 9.59 Å². The molecule has 0 spiro atoms. The summed E-state index contributed by atoms with van der Waals surface area (Å²) in [6.45, 7) is 0.871. The van der Waals surface area contributed by atoms with Crippen molar-refractivity contribution in [1.82, 2.24) is 19.9 Å². The van der Waals surface area contributed by atoms with Gasteiger partial charge in [0.05, 0.1) is 30.0 Å². The Kier molecular flexibility index (Phi) is 5.47. The third-order valence-electron chi connectivity index (χ3n) is 4.59. The van der Waals surface area contributed by atoms with E-state index in [0.29, 0.717) is 30.5 Å². The molecule has 4 aromatic rings. The van der Waals surface area contributed by atoms with Crippen LogP contribution in [0.5, 0.6) is 5.75 Å². The maximum Gasteiger partial charge on any atom is 0.261 e. The number of pyridine rings is 1. The first-order valence-electron chi connectivity index (χ1n) is 9.39. The number of carbonyl (C=O) groups excluding carboxylic acids is 1. The topological polar surface area (TPSA) is 86.1 Å². The van der Waals surface area contributed by atoms with Crippen LogP contribution in [-0.2, 0) is 11.3 Å². The molecule has 2 aromatic heterocycles. The third kappa shape index (κ3) is 4.24. The van der Waals surface area contributed by atoms with Gasteiger partial charge in [-0.1, -0.05) is 36.4 Å². The van der Waals surface area contributed by atoms with Crippen LogP contribution < -0.4 is 15.6 Å². The van der Waals surface area contributed by atoms with Crippen molar-refractivity contribution in [1.29, 1.82) is 0 Å². The summed E-state index contributed by atoms with van der Waals surface area (Å²) in [5.74, 6) is 0.588. The number of nitrogens with zero attached hydrogens (tertiary/aromatic N) is 3. The normalized spacial score (nSPS) is 10.9. The Balaban J connectivity index is 1.27. The van der Waals surface area contributed by atoms with Gasteiger partial charge in [-0.2, -0.15) is 0 Å². The number of fused-ring (bicyclic) bond motifs is 2. The van der Waals surface area contributed by atoms with Crippen molar-refractivity contribution < 1.29 is 9.53 Å². The molecule has 146 valence electrons. The van der Waals surface area contributed by atoms with E-state index in [2.05, 4.69) is 15.3 Å². The van der Waals surface area contributed by atoms with Crippen molar-refractivity contribution in [3.8, 4) is 5.75 Å². The molecule has 0 aliphatic rings. The summed E-state index contributed by atoms with van der Waals surface area (Å²) in [7, 11) is 0. The largest absolute Gasteiger partial charge is 0.493 e. The first kappa shape index (κ1) is 18.6. The molecule has 7 heteroatoms. The second-order valence-corrected chi connectivity index (χ2v) is 6.60. The lowest BCUT2D eigenvalue weighted by molar-refractivity contribution is -0.121. The zero-order valence-corrected chi connectivity index (χ0v) is 15.7. The van der Waals surface area contributed by atoms with Crippen molar-refractivity contribution >= 4 is 27.6 Å². The summed E-state index contributed by atoms with van der Waals surface area (Å²) in [6.07, 6.45) is 5.09. The molecule has 1 N–H and O–H groups in total. The summed E-state index contributed by atoms with van der Waals surface area (Å²) in [4.78, 5) is 32.7. The fraction of sp³-hybridized carbons (Fsp3) is 0.182. The van der Waals surface area contributed by atoms with Gasteiger partial charge in [0.2, 0.25) is 5.91 Å².